The van der Waals surface area contributed by atoms with Gasteiger partial charge in [-0.15, -0.1) is 0 Å². The lowest BCUT2D eigenvalue weighted by molar-refractivity contribution is 0.112. The number of hydrogen-bond donors (Lipinski definition) is 1. The molecule has 3 nitrogen and oxygen atoms in total. The van der Waals surface area contributed by atoms with E-state index in [2.05, 4.69) is 4.98 Å². The number of nitrogens with two attached hydrogens (primary N) is 1. The molecule has 0 unspecified atom stereocenters. The van der Waals surface area contributed by atoms with Gasteiger partial charge >= 0.3 is 0 Å². The highest BCUT2D eigenvalue weighted by Crippen LogP contribution is 2.24. The Hall–Kier alpha value is -1.52. The van der Waals surface area contributed by atoms with Crippen LogP contribution in [0.25, 0.3) is 0 Å². The summed E-state index contributed by atoms with van der Waals surface area (Å²) in [6, 6.07) is 1.06. The molecule has 2 N–H and O–H groups in total. The molecule has 1 heterocycles. The normalized spacial score (nSPS) is 10.5. The average molecular weight is 186 g/mol. The summed E-state index contributed by atoms with van der Waals surface area (Å²) in [4.78, 5) is 14.0. The number of aromatic nitrogens is 1. The Labute approximate surface area is 73.6 Å². The second-order valence-corrected chi connectivity index (χ2v) is 2.56. The van der Waals surface area contributed by atoms with Gasteiger partial charge in [0.2, 0.25) is 0 Å². The number of rotatable bonds is 2. The zero-order valence-corrected chi connectivity index (χ0v) is 6.92. The number of nitrogen functional groups attached to an aromatic ring is 1. The highest BCUT2D eigenvalue weighted by Gasteiger charge is 2.14. The molecular formula is C8H8F2N2O. The van der Waals surface area contributed by atoms with Crippen molar-refractivity contribution >= 4 is 12.1 Å². The first-order valence-electron chi connectivity index (χ1n) is 3.56. The van der Waals surface area contributed by atoms with Crippen LogP contribution in [0.2, 0.25) is 0 Å². The van der Waals surface area contributed by atoms with Crippen molar-refractivity contribution in [2.45, 2.75) is 13.3 Å². The van der Waals surface area contributed by atoms with E-state index in [1.54, 1.807) is 0 Å². The molecule has 1 aromatic rings. The molecule has 0 amide bonds. The number of anilines is 1. The minimum Gasteiger partial charge on any atom is -0.383 e. The molecule has 0 radical (unpaired) electrons. The summed E-state index contributed by atoms with van der Waals surface area (Å²) in [5, 5.41) is 0. The fourth-order valence-electron chi connectivity index (χ4n) is 0.950. The van der Waals surface area contributed by atoms with Crippen LogP contribution >= 0.6 is 0 Å². The number of pyridine rings is 1. The molecule has 5 heteroatoms. The fourth-order valence-corrected chi connectivity index (χ4v) is 0.950. The van der Waals surface area contributed by atoms with Gasteiger partial charge in [-0.3, -0.25) is 4.79 Å². The van der Waals surface area contributed by atoms with Gasteiger partial charge in [0.25, 0.3) is 6.43 Å². The molecule has 0 saturated carbocycles. The molecule has 1 rings (SSSR count). The van der Waals surface area contributed by atoms with Gasteiger partial charge in [-0.1, -0.05) is 0 Å². The topological polar surface area (TPSA) is 56.0 Å². The first-order valence-corrected chi connectivity index (χ1v) is 3.56. The molecular weight excluding hydrogens is 178 g/mol. The van der Waals surface area contributed by atoms with Crippen LogP contribution in [0.1, 0.15) is 28.0 Å². The van der Waals surface area contributed by atoms with Gasteiger partial charge in [0.1, 0.15) is 5.82 Å². The number of halogens is 2. The zero-order chi connectivity index (χ0) is 10.0. The van der Waals surface area contributed by atoms with E-state index in [1.807, 2.05) is 0 Å². The summed E-state index contributed by atoms with van der Waals surface area (Å²) in [7, 11) is 0. The van der Waals surface area contributed by atoms with Crippen molar-refractivity contribution in [3.63, 3.8) is 0 Å². The van der Waals surface area contributed by atoms with E-state index in [1.165, 1.54) is 6.92 Å². The molecule has 0 aliphatic carbocycles. The van der Waals surface area contributed by atoms with E-state index in [0.717, 1.165) is 6.07 Å². The van der Waals surface area contributed by atoms with E-state index >= 15 is 0 Å². The summed E-state index contributed by atoms with van der Waals surface area (Å²) >= 11 is 0. The fraction of sp³-hybridized carbons (Fsp3) is 0.250. The Kier molecular flexibility index (Phi) is 2.55. The number of aldehydes is 1. The summed E-state index contributed by atoms with van der Waals surface area (Å²) in [6.45, 7) is 1.54. The van der Waals surface area contributed by atoms with E-state index in [-0.39, 0.29) is 11.4 Å². The third kappa shape index (κ3) is 1.80. The molecule has 70 valence electrons. The summed E-state index contributed by atoms with van der Waals surface area (Å²) in [6.07, 6.45) is -2.22. The first kappa shape index (κ1) is 9.57. The maximum Gasteiger partial charge on any atom is 0.267 e. The van der Waals surface area contributed by atoms with Crippen LogP contribution in [0.15, 0.2) is 6.07 Å². The van der Waals surface area contributed by atoms with Gasteiger partial charge in [-0.05, 0) is 13.0 Å². The second-order valence-electron chi connectivity index (χ2n) is 2.56. The van der Waals surface area contributed by atoms with Gasteiger partial charge in [-0.25, -0.2) is 13.8 Å². The number of carbonyl (C=O) groups excluding carboxylic acids is 1. The summed E-state index contributed by atoms with van der Waals surface area (Å²) in [5.74, 6) is -0.224. The predicted molar refractivity (Wildman–Crippen MR) is 43.7 cm³/mol. The number of aryl methyl sites for hydroxylation is 1. The quantitative estimate of drug-likeness (QED) is 0.715. The van der Waals surface area contributed by atoms with Crippen LogP contribution in [0, 0.1) is 6.92 Å². The smallest absolute Gasteiger partial charge is 0.267 e. The lowest BCUT2D eigenvalue weighted by Crippen LogP contribution is -2.02. The standard InChI is InChI=1S/C8H8F2N2O/c1-4-5(3-13)2-6(7(9)10)8(11)12-4/h2-3,7H,1H3,(H2,11,12). The number of hydrogen-bond acceptors (Lipinski definition) is 3. The summed E-state index contributed by atoms with van der Waals surface area (Å²) in [5.41, 5.74) is 5.34. The van der Waals surface area contributed by atoms with Crippen molar-refractivity contribution in [2.24, 2.45) is 0 Å². The second kappa shape index (κ2) is 3.47. The van der Waals surface area contributed by atoms with Crippen LogP contribution in [-0.4, -0.2) is 11.3 Å². The van der Waals surface area contributed by atoms with Crippen molar-refractivity contribution in [2.75, 3.05) is 5.73 Å². The van der Waals surface area contributed by atoms with Gasteiger partial charge < -0.3 is 5.73 Å². The van der Waals surface area contributed by atoms with Gasteiger partial charge in [-0.2, -0.15) is 0 Å². The van der Waals surface area contributed by atoms with Crippen molar-refractivity contribution in [3.8, 4) is 0 Å². The molecule has 0 aliphatic rings. The maximum atomic E-state index is 12.2. The predicted octanol–water partition coefficient (Wildman–Crippen LogP) is 1.72. The first-order chi connectivity index (χ1) is 6.06. The summed E-state index contributed by atoms with van der Waals surface area (Å²) < 4.78 is 24.5. The zero-order valence-electron chi connectivity index (χ0n) is 6.92. The van der Waals surface area contributed by atoms with Crippen LogP contribution in [0.5, 0.6) is 0 Å². The minimum absolute atomic E-state index is 0.143. The largest absolute Gasteiger partial charge is 0.383 e. The Morgan fingerprint density at radius 3 is 2.69 bits per heavy atom. The van der Waals surface area contributed by atoms with Crippen molar-refractivity contribution in [1.29, 1.82) is 0 Å². The van der Waals surface area contributed by atoms with Crippen molar-refractivity contribution in [3.05, 3.63) is 22.9 Å². The van der Waals surface area contributed by atoms with Gasteiger partial charge in [0.15, 0.2) is 6.29 Å². The van der Waals surface area contributed by atoms with Crippen molar-refractivity contribution in [1.82, 2.24) is 4.98 Å². The Balaban J connectivity index is 3.30. The molecule has 0 aliphatic heterocycles. The molecule has 1 aromatic heterocycles. The van der Waals surface area contributed by atoms with Gasteiger partial charge in [0, 0.05) is 5.56 Å². The Bertz CT molecular complexity index is 339. The highest BCUT2D eigenvalue weighted by molar-refractivity contribution is 5.77. The average Bonchev–Trinajstić information content (AvgIpc) is 2.03. The van der Waals surface area contributed by atoms with E-state index in [4.69, 9.17) is 5.73 Å². The van der Waals surface area contributed by atoms with Crippen molar-refractivity contribution < 1.29 is 13.6 Å². The Morgan fingerprint density at radius 1 is 1.62 bits per heavy atom. The monoisotopic (exact) mass is 186 g/mol. The molecule has 0 fully saturated rings. The maximum absolute atomic E-state index is 12.2. The number of nitrogens with zero attached hydrogens (tertiary/aromatic N) is 1. The van der Waals surface area contributed by atoms with E-state index in [0.29, 0.717) is 12.0 Å². The van der Waals surface area contributed by atoms with Gasteiger partial charge in [0.05, 0.1) is 11.3 Å². The lowest BCUT2D eigenvalue weighted by Gasteiger charge is -2.06. The lowest BCUT2D eigenvalue weighted by atomic mass is 10.1. The molecule has 0 spiro atoms. The number of carbonyl (C=O) groups is 1. The molecule has 13 heavy (non-hydrogen) atoms. The SMILES string of the molecule is Cc1nc(N)c(C(F)F)cc1C=O. The van der Waals surface area contributed by atoms with Crippen LogP contribution in [0.3, 0.4) is 0 Å². The van der Waals surface area contributed by atoms with E-state index < -0.39 is 12.0 Å². The Morgan fingerprint density at radius 2 is 2.23 bits per heavy atom. The third-order valence-corrected chi connectivity index (χ3v) is 1.67. The minimum atomic E-state index is -2.70. The van der Waals surface area contributed by atoms with E-state index in [9.17, 15) is 13.6 Å². The number of alkyl halides is 2. The third-order valence-electron chi connectivity index (χ3n) is 1.67. The molecule has 0 saturated heterocycles. The van der Waals surface area contributed by atoms with Crippen LogP contribution < -0.4 is 5.73 Å². The molecule has 0 bridgehead atoms. The van der Waals surface area contributed by atoms with Crippen LogP contribution in [-0.2, 0) is 0 Å². The molecule has 0 aromatic carbocycles. The highest BCUT2D eigenvalue weighted by atomic mass is 19.3. The molecule has 0 atom stereocenters. The van der Waals surface area contributed by atoms with Crippen LogP contribution in [0.4, 0.5) is 14.6 Å².